The van der Waals surface area contributed by atoms with Crippen LogP contribution >= 0.6 is 11.8 Å². The number of benzene rings is 2. The summed E-state index contributed by atoms with van der Waals surface area (Å²) in [5.74, 6) is 0.0215. The third kappa shape index (κ3) is 5.64. The third-order valence-corrected chi connectivity index (χ3v) is 5.47. The quantitative estimate of drug-likeness (QED) is 0.388. The van der Waals surface area contributed by atoms with Crippen LogP contribution in [0.3, 0.4) is 0 Å². The van der Waals surface area contributed by atoms with Crippen molar-refractivity contribution < 1.29 is 23.5 Å². The van der Waals surface area contributed by atoms with Gasteiger partial charge in [0.25, 0.3) is 5.91 Å². The second-order valence-electron chi connectivity index (χ2n) is 6.63. The molecule has 0 radical (unpaired) electrons. The Morgan fingerprint density at radius 3 is 2.44 bits per heavy atom. The van der Waals surface area contributed by atoms with Crippen LogP contribution < -0.4 is 10.1 Å². The van der Waals surface area contributed by atoms with Crippen LogP contribution in [-0.4, -0.2) is 45.6 Å². The van der Waals surface area contributed by atoms with Crippen LogP contribution in [0.2, 0.25) is 0 Å². The van der Waals surface area contributed by atoms with Crippen molar-refractivity contribution >= 4 is 23.6 Å². The Labute approximate surface area is 189 Å². The van der Waals surface area contributed by atoms with Crippen LogP contribution in [0.25, 0.3) is 5.69 Å². The highest BCUT2D eigenvalue weighted by molar-refractivity contribution is 8.00. The van der Waals surface area contributed by atoms with Crippen molar-refractivity contribution in [1.29, 1.82) is 0 Å². The van der Waals surface area contributed by atoms with Gasteiger partial charge >= 0.3 is 5.97 Å². The molecule has 1 atom stereocenters. The smallest absolute Gasteiger partial charge is 0.319 e. The van der Waals surface area contributed by atoms with Gasteiger partial charge in [0.15, 0.2) is 11.0 Å². The first-order valence-electron chi connectivity index (χ1n) is 9.88. The van der Waals surface area contributed by atoms with E-state index in [1.807, 2.05) is 0 Å². The van der Waals surface area contributed by atoms with Crippen molar-refractivity contribution in [2.24, 2.45) is 0 Å². The minimum Gasteiger partial charge on any atom is -0.497 e. The van der Waals surface area contributed by atoms with E-state index in [1.165, 1.54) is 23.9 Å². The zero-order chi connectivity index (χ0) is 23.1. The Kier molecular flexibility index (Phi) is 7.82. The summed E-state index contributed by atoms with van der Waals surface area (Å²) < 4.78 is 25.3. The van der Waals surface area contributed by atoms with Crippen molar-refractivity contribution in [3.63, 3.8) is 0 Å². The summed E-state index contributed by atoms with van der Waals surface area (Å²) in [4.78, 5) is 24.6. The van der Waals surface area contributed by atoms with Gasteiger partial charge in [-0.25, -0.2) is 4.39 Å². The molecule has 0 saturated carbocycles. The molecule has 10 heteroatoms. The van der Waals surface area contributed by atoms with E-state index in [0.29, 0.717) is 28.0 Å². The average molecular weight is 459 g/mol. The van der Waals surface area contributed by atoms with Crippen LogP contribution in [0.15, 0.2) is 53.7 Å². The summed E-state index contributed by atoms with van der Waals surface area (Å²) in [6.45, 7) is 3.79. The highest BCUT2D eigenvalue weighted by atomic mass is 32.2. The second kappa shape index (κ2) is 10.8. The number of rotatable bonds is 9. The maximum Gasteiger partial charge on any atom is 0.319 e. The number of thioether (sulfide) groups is 1. The van der Waals surface area contributed by atoms with Crippen LogP contribution in [-0.2, 0) is 16.1 Å². The molecule has 1 unspecified atom stereocenters. The van der Waals surface area contributed by atoms with Gasteiger partial charge in [-0.05, 0) is 62.4 Å². The first-order chi connectivity index (χ1) is 15.4. The van der Waals surface area contributed by atoms with Crippen molar-refractivity contribution in [2.75, 3.05) is 13.7 Å². The molecule has 0 aliphatic heterocycles. The molecule has 0 aliphatic carbocycles. The predicted octanol–water partition coefficient (Wildman–Crippen LogP) is 3.39. The first kappa shape index (κ1) is 23.3. The highest BCUT2D eigenvalue weighted by Gasteiger charge is 2.22. The zero-order valence-corrected chi connectivity index (χ0v) is 18.7. The molecule has 0 spiro atoms. The van der Waals surface area contributed by atoms with Crippen LogP contribution in [0.1, 0.15) is 30.0 Å². The van der Waals surface area contributed by atoms with Crippen molar-refractivity contribution in [3.05, 3.63) is 65.7 Å². The number of carbonyl (C=O) groups excluding carboxylic acids is 2. The second-order valence-corrected chi connectivity index (χ2v) is 7.94. The third-order valence-electron chi connectivity index (χ3n) is 4.45. The summed E-state index contributed by atoms with van der Waals surface area (Å²) in [7, 11) is 1.55. The van der Waals surface area contributed by atoms with E-state index in [4.69, 9.17) is 9.47 Å². The standard InChI is InChI=1S/C22H23FN4O4S/c1-4-31-21(29)14(2)32-22-26-25-19(27(22)17-9-7-16(23)8-10-17)13-24-20(28)15-5-11-18(30-3)12-6-15/h5-12,14H,4,13H2,1-3H3,(H,24,28). The fraction of sp³-hybridized carbons (Fsp3) is 0.273. The maximum absolute atomic E-state index is 13.5. The van der Waals surface area contributed by atoms with Crippen molar-refractivity contribution in [2.45, 2.75) is 30.8 Å². The number of ether oxygens (including phenoxy) is 2. The lowest BCUT2D eigenvalue weighted by Crippen LogP contribution is -2.24. The molecule has 3 rings (SSSR count). The Bertz CT molecular complexity index is 1070. The maximum atomic E-state index is 13.5. The number of hydrogen-bond donors (Lipinski definition) is 1. The number of amides is 1. The molecule has 2 aromatic carbocycles. The van der Waals surface area contributed by atoms with Crippen LogP contribution in [0, 0.1) is 5.82 Å². The van der Waals surface area contributed by atoms with E-state index >= 15 is 0 Å². The molecule has 1 heterocycles. The van der Waals surface area contributed by atoms with Gasteiger partial charge in [0.2, 0.25) is 0 Å². The Hall–Kier alpha value is -3.40. The van der Waals surface area contributed by atoms with Gasteiger partial charge in [-0.1, -0.05) is 11.8 Å². The molecule has 168 valence electrons. The molecule has 32 heavy (non-hydrogen) atoms. The Morgan fingerprint density at radius 1 is 1.12 bits per heavy atom. The van der Waals surface area contributed by atoms with E-state index in [2.05, 4.69) is 15.5 Å². The number of esters is 1. The largest absolute Gasteiger partial charge is 0.497 e. The van der Waals surface area contributed by atoms with Crippen LogP contribution in [0.4, 0.5) is 4.39 Å². The SMILES string of the molecule is CCOC(=O)C(C)Sc1nnc(CNC(=O)c2ccc(OC)cc2)n1-c1ccc(F)cc1. The Balaban J connectivity index is 1.82. The summed E-state index contributed by atoms with van der Waals surface area (Å²) in [6, 6.07) is 12.5. The van der Waals surface area contributed by atoms with Gasteiger partial charge in [-0.2, -0.15) is 0 Å². The Morgan fingerprint density at radius 2 is 1.81 bits per heavy atom. The number of aromatic nitrogens is 3. The van der Waals surface area contributed by atoms with E-state index in [0.717, 1.165) is 0 Å². The zero-order valence-electron chi connectivity index (χ0n) is 17.9. The van der Waals surface area contributed by atoms with Gasteiger partial charge in [-0.15, -0.1) is 10.2 Å². The van der Waals surface area contributed by atoms with Gasteiger partial charge < -0.3 is 14.8 Å². The topological polar surface area (TPSA) is 95.3 Å². The monoisotopic (exact) mass is 458 g/mol. The number of carbonyl (C=O) groups is 2. The number of nitrogens with zero attached hydrogens (tertiary/aromatic N) is 3. The lowest BCUT2D eigenvalue weighted by molar-refractivity contribution is -0.142. The van der Waals surface area contributed by atoms with Gasteiger partial charge in [-0.3, -0.25) is 14.2 Å². The lowest BCUT2D eigenvalue weighted by Gasteiger charge is -2.13. The van der Waals surface area contributed by atoms with E-state index in [1.54, 1.807) is 61.9 Å². The van der Waals surface area contributed by atoms with E-state index < -0.39 is 5.25 Å². The lowest BCUT2D eigenvalue weighted by atomic mass is 10.2. The van der Waals surface area contributed by atoms with E-state index in [-0.39, 0.29) is 30.8 Å². The molecule has 1 aromatic heterocycles. The molecule has 1 N–H and O–H groups in total. The number of halogens is 1. The summed E-state index contributed by atoms with van der Waals surface area (Å²) >= 11 is 1.17. The predicted molar refractivity (Wildman–Crippen MR) is 117 cm³/mol. The molecule has 1 amide bonds. The molecule has 3 aromatic rings. The molecular formula is C22H23FN4O4S. The van der Waals surface area contributed by atoms with Crippen LogP contribution in [0.5, 0.6) is 5.75 Å². The molecule has 0 bridgehead atoms. The average Bonchev–Trinajstić information content (AvgIpc) is 3.20. The minimum atomic E-state index is -0.528. The summed E-state index contributed by atoms with van der Waals surface area (Å²) in [5, 5.41) is 11.1. The summed E-state index contributed by atoms with van der Waals surface area (Å²) in [6.07, 6.45) is 0. The van der Waals surface area contributed by atoms with E-state index in [9.17, 15) is 14.0 Å². The molecular weight excluding hydrogens is 435 g/mol. The fourth-order valence-electron chi connectivity index (χ4n) is 2.81. The molecule has 0 saturated heterocycles. The fourth-order valence-corrected chi connectivity index (χ4v) is 3.69. The van der Waals surface area contributed by atoms with Crippen molar-refractivity contribution in [3.8, 4) is 11.4 Å². The summed E-state index contributed by atoms with van der Waals surface area (Å²) in [5.41, 5.74) is 1.06. The van der Waals surface area contributed by atoms with Gasteiger partial charge in [0.05, 0.1) is 20.3 Å². The normalized spacial score (nSPS) is 11.6. The first-order valence-corrected chi connectivity index (χ1v) is 10.8. The molecule has 8 nitrogen and oxygen atoms in total. The number of nitrogens with one attached hydrogen (secondary N) is 1. The number of methoxy groups -OCH3 is 1. The van der Waals surface area contributed by atoms with Gasteiger partial charge in [0.1, 0.15) is 16.8 Å². The number of hydrogen-bond acceptors (Lipinski definition) is 7. The van der Waals surface area contributed by atoms with Crippen molar-refractivity contribution in [1.82, 2.24) is 20.1 Å². The highest BCUT2D eigenvalue weighted by Crippen LogP contribution is 2.26. The minimum absolute atomic E-state index is 0.0730. The molecule has 0 fully saturated rings. The van der Waals surface area contributed by atoms with Gasteiger partial charge in [0, 0.05) is 11.3 Å². The molecule has 0 aliphatic rings.